The molecule has 0 aliphatic rings. The number of nitrogens with zero attached hydrogens (tertiary/aromatic N) is 1. The summed E-state index contributed by atoms with van der Waals surface area (Å²) in [5.74, 6) is -0.0704. The number of aromatic nitrogens is 1. The normalized spacial score (nSPS) is 10.7. The first-order valence-corrected chi connectivity index (χ1v) is 7.89. The van der Waals surface area contributed by atoms with Crippen molar-refractivity contribution in [3.63, 3.8) is 0 Å². The molecule has 1 aromatic carbocycles. The highest BCUT2D eigenvalue weighted by Gasteiger charge is 2.16. The molecule has 1 amide bonds. The lowest BCUT2D eigenvalue weighted by Crippen LogP contribution is -2.18. The molecule has 0 saturated carbocycles. The van der Waals surface area contributed by atoms with Crippen LogP contribution in [-0.2, 0) is 6.61 Å². The fourth-order valence-corrected chi connectivity index (χ4v) is 3.43. The number of benzene rings is 1. The third-order valence-corrected chi connectivity index (χ3v) is 4.61. The predicted molar refractivity (Wildman–Crippen MR) is 88.5 cm³/mol. The second-order valence-electron chi connectivity index (χ2n) is 5.01. The summed E-state index contributed by atoms with van der Waals surface area (Å²) in [6.07, 6.45) is 1.40. The Kier molecular flexibility index (Phi) is 4.25. The number of aryl methyl sites for hydroxylation is 1. The number of nitrogens with one attached hydrogen (secondary N) is 1. The average molecular weight is 330 g/mol. The maximum atomic E-state index is 13.5. The third kappa shape index (κ3) is 3.03. The molecule has 4 nitrogen and oxygen atoms in total. The standard InChI is InChI=1S/C17H15FN2O2S/c1-10-15(17(21)19-2)13-8-12(5-6-14(13)23-10)22-9-11-4-3-7-20-16(11)18/h3-8H,9H2,1-2H3,(H,19,21). The van der Waals surface area contributed by atoms with Gasteiger partial charge in [-0.05, 0) is 37.3 Å². The highest BCUT2D eigenvalue weighted by molar-refractivity contribution is 7.19. The molecule has 0 aliphatic heterocycles. The van der Waals surface area contributed by atoms with Crippen molar-refractivity contribution >= 4 is 27.3 Å². The van der Waals surface area contributed by atoms with Crippen LogP contribution < -0.4 is 10.1 Å². The molecule has 0 atom stereocenters. The minimum atomic E-state index is -0.536. The largest absolute Gasteiger partial charge is 0.489 e. The van der Waals surface area contributed by atoms with Crippen molar-refractivity contribution in [2.75, 3.05) is 7.05 Å². The zero-order chi connectivity index (χ0) is 16.4. The second kappa shape index (κ2) is 6.34. The number of hydrogen-bond acceptors (Lipinski definition) is 4. The maximum absolute atomic E-state index is 13.5. The minimum absolute atomic E-state index is 0.0869. The van der Waals surface area contributed by atoms with E-state index >= 15 is 0 Å². The molecule has 0 radical (unpaired) electrons. The first-order valence-electron chi connectivity index (χ1n) is 7.07. The molecule has 0 unspecified atom stereocenters. The van der Waals surface area contributed by atoms with Gasteiger partial charge in [0.15, 0.2) is 0 Å². The van der Waals surface area contributed by atoms with Crippen molar-refractivity contribution in [3.8, 4) is 5.75 Å². The second-order valence-corrected chi connectivity index (χ2v) is 6.27. The van der Waals surface area contributed by atoms with E-state index in [9.17, 15) is 9.18 Å². The molecule has 118 valence electrons. The van der Waals surface area contributed by atoms with Gasteiger partial charge in [-0.25, -0.2) is 4.98 Å². The Balaban J connectivity index is 1.90. The van der Waals surface area contributed by atoms with E-state index in [2.05, 4.69) is 10.3 Å². The molecule has 1 N–H and O–H groups in total. The summed E-state index contributed by atoms with van der Waals surface area (Å²) in [7, 11) is 1.61. The number of amides is 1. The molecule has 0 bridgehead atoms. The average Bonchev–Trinajstić information content (AvgIpc) is 2.88. The van der Waals surface area contributed by atoms with Gasteiger partial charge < -0.3 is 10.1 Å². The van der Waals surface area contributed by atoms with Crippen molar-refractivity contribution in [1.82, 2.24) is 10.3 Å². The van der Waals surface area contributed by atoms with Crippen LogP contribution in [-0.4, -0.2) is 17.9 Å². The van der Waals surface area contributed by atoms with Crippen molar-refractivity contribution in [2.45, 2.75) is 13.5 Å². The molecule has 6 heteroatoms. The Hall–Kier alpha value is -2.47. The van der Waals surface area contributed by atoms with Gasteiger partial charge in [0.2, 0.25) is 5.95 Å². The molecule has 0 aliphatic carbocycles. The fourth-order valence-electron chi connectivity index (χ4n) is 2.38. The molecule has 3 aromatic rings. The van der Waals surface area contributed by atoms with Crippen LogP contribution in [0.5, 0.6) is 5.75 Å². The van der Waals surface area contributed by atoms with E-state index in [1.54, 1.807) is 30.5 Å². The molecule has 3 rings (SSSR count). The fraction of sp³-hybridized carbons (Fsp3) is 0.176. The van der Waals surface area contributed by atoms with Crippen LogP contribution in [0.3, 0.4) is 0 Å². The number of rotatable bonds is 4. The molecule has 23 heavy (non-hydrogen) atoms. The Labute approximate surface area is 136 Å². The zero-order valence-electron chi connectivity index (χ0n) is 12.7. The van der Waals surface area contributed by atoms with Gasteiger partial charge in [-0.2, -0.15) is 4.39 Å². The molecule has 2 heterocycles. The van der Waals surface area contributed by atoms with E-state index in [1.807, 2.05) is 25.1 Å². The molecule has 0 fully saturated rings. The van der Waals surface area contributed by atoms with E-state index in [-0.39, 0.29) is 12.5 Å². The summed E-state index contributed by atoms with van der Waals surface area (Å²) in [6, 6.07) is 8.84. The van der Waals surface area contributed by atoms with Crippen LogP contribution in [0.25, 0.3) is 10.1 Å². The lowest BCUT2D eigenvalue weighted by molar-refractivity contribution is 0.0964. The highest BCUT2D eigenvalue weighted by atomic mass is 32.1. The Morgan fingerprint density at radius 2 is 2.22 bits per heavy atom. The van der Waals surface area contributed by atoms with E-state index in [4.69, 9.17) is 4.74 Å². The summed E-state index contributed by atoms with van der Waals surface area (Å²) in [5.41, 5.74) is 1.05. The summed E-state index contributed by atoms with van der Waals surface area (Å²) in [6.45, 7) is 2.00. The van der Waals surface area contributed by atoms with Crippen LogP contribution >= 0.6 is 11.3 Å². The Morgan fingerprint density at radius 1 is 1.39 bits per heavy atom. The molecular formula is C17H15FN2O2S. The van der Waals surface area contributed by atoms with Crippen molar-refractivity contribution < 1.29 is 13.9 Å². The van der Waals surface area contributed by atoms with Gasteiger partial charge in [0, 0.05) is 33.8 Å². The van der Waals surface area contributed by atoms with Crippen molar-refractivity contribution in [1.29, 1.82) is 0 Å². The first-order chi connectivity index (χ1) is 11.1. The monoisotopic (exact) mass is 330 g/mol. The number of thiophene rings is 1. The van der Waals surface area contributed by atoms with Crippen LogP contribution in [0.2, 0.25) is 0 Å². The van der Waals surface area contributed by atoms with E-state index in [0.717, 1.165) is 15.0 Å². The SMILES string of the molecule is CNC(=O)c1c(C)sc2ccc(OCc3cccnc3F)cc12. The summed E-state index contributed by atoms with van der Waals surface area (Å²) >= 11 is 1.56. The van der Waals surface area contributed by atoms with E-state index in [0.29, 0.717) is 16.9 Å². The van der Waals surface area contributed by atoms with Crippen LogP contribution in [0.4, 0.5) is 4.39 Å². The van der Waals surface area contributed by atoms with Gasteiger partial charge in [-0.1, -0.05) is 0 Å². The van der Waals surface area contributed by atoms with Gasteiger partial charge in [-0.15, -0.1) is 11.3 Å². The van der Waals surface area contributed by atoms with Crippen molar-refractivity contribution in [2.24, 2.45) is 0 Å². The van der Waals surface area contributed by atoms with Gasteiger partial charge in [-0.3, -0.25) is 4.79 Å². The number of carbonyl (C=O) groups excluding carboxylic acids is 1. The number of carbonyl (C=O) groups is 1. The summed E-state index contributed by atoms with van der Waals surface area (Å²) in [4.78, 5) is 16.6. The van der Waals surface area contributed by atoms with Gasteiger partial charge in [0.1, 0.15) is 12.4 Å². The summed E-state index contributed by atoms with van der Waals surface area (Å²) < 4.78 is 20.2. The lowest BCUT2D eigenvalue weighted by atomic mass is 10.1. The number of ether oxygens (including phenoxy) is 1. The van der Waals surface area contributed by atoms with Gasteiger partial charge >= 0.3 is 0 Å². The van der Waals surface area contributed by atoms with Crippen molar-refractivity contribution in [3.05, 3.63) is 58.5 Å². The minimum Gasteiger partial charge on any atom is -0.489 e. The topological polar surface area (TPSA) is 51.2 Å². The highest BCUT2D eigenvalue weighted by Crippen LogP contribution is 2.33. The van der Waals surface area contributed by atoms with Crippen LogP contribution in [0.1, 0.15) is 20.8 Å². The third-order valence-electron chi connectivity index (χ3n) is 3.52. The number of halogens is 1. The zero-order valence-corrected chi connectivity index (χ0v) is 13.5. The van der Waals surface area contributed by atoms with Gasteiger partial charge in [0.25, 0.3) is 5.91 Å². The number of pyridine rings is 1. The van der Waals surface area contributed by atoms with Crippen LogP contribution in [0, 0.1) is 12.9 Å². The smallest absolute Gasteiger partial charge is 0.252 e. The molecular weight excluding hydrogens is 315 g/mol. The summed E-state index contributed by atoms with van der Waals surface area (Å²) in [5, 5.41) is 3.50. The molecule has 0 saturated heterocycles. The van der Waals surface area contributed by atoms with Crippen LogP contribution in [0.15, 0.2) is 36.5 Å². The lowest BCUT2D eigenvalue weighted by Gasteiger charge is -2.07. The first kappa shape index (κ1) is 15.4. The Morgan fingerprint density at radius 3 is 2.96 bits per heavy atom. The maximum Gasteiger partial charge on any atom is 0.252 e. The molecule has 2 aromatic heterocycles. The number of hydrogen-bond donors (Lipinski definition) is 1. The Bertz CT molecular complexity index is 876. The molecule has 0 spiro atoms. The van der Waals surface area contributed by atoms with E-state index < -0.39 is 5.95 Å². The predicted octanol–water partition coefficient (Wildman–Crippen LogP) is 3.68. The number of fused-ring (bicyclic) bond motifs is 1. The van der Waals surface area contributed by atoms with Gasteiger partial charge in [0.05, 0.1) is 5.56 Å². The van der Waals surface area contributed by atoms with E-state index in [1.165, 1.54) is 6.20 Å². The quantitative estimate of drug-likeness (QED) is 0.742.